The van der Waals surface area contributed by atoms with Crippen LogP contribution in [0.15, 0.2) is 29.0 Å². The van der Waals surface area contributed by atoms with E-state index in [2.05, 4.69) is 0 Å². The number of Topliss-reactive ketones (excluding diaryl/α,β-unsaturated/α-hetero) is 2. The van der Waals surface area contributed by atoms with Crippen molar-refractivity contribution in [2.45, 2.75) is 63.2 Å². The zero-order chi connectivity index (χ0) is 27.9. The van der Waals surface area contributed by atoms with Crippen LogP contribution in [0.3, 0.4) is 0 Å². The molecule has 1 amide bonds. The van der Waals surface area contributed by atoms with E-state index in [1.165, 1.54) is 19.0 Å². The minimum atomic E-state index is -2.92. The smallest absolute Gasteiger partial charge is 0.255 e. The van der Waals surface area contributed by atoms with Crippen LogP contribution in [-0.2, 0) is 19.8 Å². The largest absolute Gasteiger partial charge is 0.508 e. The lowest BCUT2D eigenvalue weighted by Crippen LogP contribution is -2.70. The Balaban J connectivity index is 2.05. The number of likely N-dealkylation sites (N-methyl/N-ethyl adjacent to an activating group) is 1. The molecule has 0 radical (unpaired) electrons. The van der Waals surface area contributed by atoms with E-state index >= 15 is 0 Å². The summed E-state index contributed by atoms with van der Waals surface area (Å²) in [6, 6.07) is 2.11. The van der Waals surface area contributed by atoms with Crippen LogP contribution in [0.2, 0.25) is 0 Å². The van der Waals surface area contributed by atoms with E-state index in [1.54, 1.807) is 19.1 Å². The molecule has 4 rings (SSSR count). The maximum Gasteiger partial charge on any atom is 0.255 e. The van der Waals surface area contributed by atoms with Gasteiger partial charge in [-0.15, -0.1) is 0 Å². The number of carbonyl (C=O) groups is 3. The van der Waals surface area contributed by atoms with Crippen LogP contribution in [0, 0.1) is 11.8 Å². The summed E-state index contributed by atoms with van der Waals surface area (Å²) >= 11 is 0. The van der Waals surface area contributed by atoms with Gasteiger partial charge in [0, 0.05) is 17.1 Å². The minimum absolute atomic E-state index is 0.00927. The van der Waals surface area contributed by atoms with E-state index in [9.17, 15) is 39.9 Å². The lowest BCUT2D eigenvalue weighted by Gasteiger charge is -2.53. The van der Waals surface area contributed by atoms with Gasteiger partial charge in [-0.2, -0.15) is 0 Å². The van der Waals surface area contributed by atoms with E-state index in [4.69, 9.17) is 5.73 Å². The highest BCUT2D eigenvalue weighted by molar-refractivity contribution is 6.24. The molecule has 0 spiro atoms. The number of phenols is 1. The van der Waals surface area contributed by atoms with E-state index in [0.29, 0.717) is 17.5 Å². The third-order valence-electron chi connectivity index (χ3n) is 8.74. The predicted octanol–water partition coefficient (Wildman–Crippen LogP) is 1.18. The van der Waals surface area contributed by atoms with Gasteiger partial charge in [-0.25, -0.2) is 0 Å². The highest BCUT2D eigenvalue weighted by Gasteiger charge is 2.68. The predicted molar refractivity (Wildman–Crippen MR) is 134 cm³/mol. The summed E-state index contributed by atoms with van der Waals surface area (Å²) in [7, 11) is 2.94. The molecule has 6 atom stereocenters. The lowest BCUT2D eigenvalue weighted by molar-refractivity contribution is -0.169. The van der Waals surface area contributed by atoms with Gasteiger partial charge in [-0.1, -0.05) is 39.8 Å². The van der Waals surface area contributed by atoms with Gasteiger partial charge in [0.1, 0.15) is 22.8 Å². The molecule has 0 saturated heterocycles. The first-order chi connectivity index (χ1) is 17.0. The summed E-state index contributed by atoms with van der Waals surface area (Å²) in [5.41, 5.74) is 1.65. The zero-order valence-electron chi connectivity index (χ0n) is 21.7. The quantitative estimate of drug-likeness (QED) is 0.321. The van der Waals surface area contributed by atoms with Gasteiger partial charge >= 0.3 is 0 Å². The van der Waals surface area contributed by atoms with Crippen LogP contribution in [0.4, 0.5) is 0 Å². The van der Waals surface area contributed by atoms with Gasteiger partial charge in [0.25, 0.3) is 5.91 Å². The number of rotatable bonds is 4. The fraction of sp³-hybridized carbons (Fsp3) is 0.519. The van der Waals surface area contributed by atoms with Crippen LogP contribution in [0.5, 0.6) is 5.75 Å². The Hall–Kier alpha value is -3.21. The van der Waals surface area contributed by atoms with Crippen molar-refractivity contribution in [3.8, 4) is 5.75 Å². The second-order valence-electron chi connectivity index (χ2n) is 11.2. The molecule has 200 valence electrons. The summed E-state index contributed by atoms with van der Waals surface area (Å²) in [5, 5.41) is 56.9. The number of aliphatic hydroxyl groups excluding tert-OH is 3. The number of primary amides is 1. The van der Waals surface area contributed by atoms with Crippen LogP contribution in [0.1, 0.15) is 56.7 Å². The molecule has 0 bridgehead atoms. The summed E-state index contributed by atoms with van der Waals surface area (Å²) in [6.45, 7) is 7.50. The summed E-state index contributed by atoms with van der Waals surface area (Å²) in [4.78, 5) is 40.6. The standard InChI is InChI=1S/C27H34N2O8/c1-7-26(3,4)12-9-8-11-10(2)13-15(20(31)14(11)19(12)30)23(34)27(37)17(21(13)32)18(29(5)6)22(33)16(24(27)35)25(28)36/h8-10,13,17-18,21,30-32,35,37H,7H2,1-6H3,(H2,28,36)/t10-,13+,17+,18-,21-,27-/m1/s1. The van der Waals surface area contributed by atoms with E-state index in [1.807, 2.05) is 20.8 Å². The number of hydrogen-bond acceptors (Lipinski definition) is 9. The number of nitrogens with two attached hydrogens (primary N) is 1. The zero-order valence-corrected chi connectivity index (χ0v) is 21.7. The average molecular weight is 515 g/mol. The minimum Gasteiger partial charge on any atom is -0.508 e. The van der Waals surface area contributed by atoms with Crippen molar-refractivity contribution < 1.29 is 39.9 Å². The molecule has 7 N–H and O–H groups in total. The van der Waals surface area contributed by atoms with Crippen LogP contribution >= 0.6 is 0 Å². The third kappa shape index (κ3) is 3.32. The number of amides is 1. The van der Waals surface area contributed by atoms with Gasteiger partial charge in [0.05, 0.1) is 23.6 Å². The van der Waals surface area contributed by atoms with Crippen LogP contribution in [0.25, 0.3) is 5.76 Å². The molecule has 1 aromatic rings. The van der Waals surface area contributed by atoms with Gasteiger partial charge in [0.15, 0.2) is 11.4 Å². The first-order valence-electron chi connectivity index (χ1n) is 12.2. The molecule has 0 unspecified atom stereocenters. The Morgan fingerprint density at radius 3 is 2.27 bits per heavy atom. The molecule has 1 fully saturated rings. The number of carbonyl (C=O) groups excluding carboxylic acids is 3. The Labute approximate surface area is 214 Å². The number of aliphatic hydroxyl groups is 4. The van der Waals surface area contributed by atoms with Crippen molar-refractivity contribution in [3.05, 3.63) is 45.7 Å². The maximum absolute atomic E-state index is 14.0. The molecule has 3 aliphatic rings. The first kappa shape index (κ1) is 26.8. The number of fused-ring (bicyclic) bond motifs is 3. The first-order valence-corrected chi connectivity index (χ1v) is 12.2. The normalized spacial score (nSPS) is 31.9. The molecule has 0 aliphatic heterocycles. The van der Waals surface area contributed by atoms with Gasteiger partial charge < -0.3 is 31.3 Å². The average Bonchev–Trinajstić information content (AvgIpc) is 2.80. The molecule has 3 aliphatic carbocycles. The van der Waals surface area contributed by atoms with Crippen molar-refractivity contribution in [1.29, 1.82) is 0 Å². The SMILES string of the molecule is CCC(C)(C)c1ccc2c(c1O)C(O)=C1C(=O)[C@@]3(O)C(O)=C(C(N)=O)C(=O)[C@H](N(C)C)[C@H]3[C@H](O)[C@H]1[C@@H]2C. The molecule has 1 aromatic carbocycles. The molecule has 10 heteroatoms. The second kappa shape index (κ2) is 8.41. The molecule has 37 heavy (non-hydrogen) atoms. The van der Waals surface area contributed by atoms with Gasteiger partial charge in [-0.3, -0.25) is 19.3 Å². The molecule has 0 heterocycles. The highest BCUT2D eigenvalue weighted by atomic mass is 16.4. The van der Waals surface area contributed by atoms with Crippen LogP contribution < -0.4 is 5.73 Å². The van der Waals surface area contributed by atoms with Crippen molar-refractivity contribution >= 4 is 23.2 Å². The molecular formula is C27H34N2O8. The number of ketones is 2. The fourth-order valence-electron chi connectivity index (χ4n) is 6.35. The topological polar surface area (TPSA) is 182 Å². The number of hydrogen-bond donors (Lipinski definition) is 6. The number of aromatic hydroxyl groups is 1. The molecular weight excluding hydrogens is 480 g/mol. The Bertz CT molecular complexity index is 1290. The van der Waals surface area contributed by atoms with Gasteiger partial charge in [-0.05, 0) is 37.4 Å². The fourth-order valence-corrected chi connectivity index (χ4v) is 6.35. The molecule has 0 aromatic heterocycles. The highest BCUT2D eigenvalue weighted by Crippen LogP contribution is 2.56. The van der Waals surface area contributed by atoms with Crippen molar-refractivity contribution in [2.24, 2.45) is 17.6 Å². The maximum atomic E-state index is 14.0. The van der Waals surface area contributed by atoms with Crippen molar-refractivity contribution in [1.82, 2.24) is 4.90 Å². The third-order valence-corrected chi connectivity index (χ3v) is 8.74. The van der Waals surface area contributed by atoms with Crippen molar-refractivity contribution in [3.63, 3.8) is 0 Å². The van der Waals surface area contributed by atoms with E-state index < -0.39 is 81.1 Å². The van der Waals surface area contributed by atoms with Crippen LogP contribution in [-0.4, -0.2) is 79.7 Å². The second-order valence-corrected chi connectivity index (χ2v) is 11.2. The molecule has 10 nitrogen and oxygen atoms in total. The summed E-state index contributed by atoms with van der Waals surface area (Å²) < 4.78 is 0. The van der Waals surface area contributed by atoms with E-state index in [0.717, 1.165) is 0 Å². The lowest BCUT2D eigenvalue weighted by atomic mass is 9.54. The summed E-state index contributed by atoms with van der Waals surface area (Å²) in [5.74, 6) is -8.81. The number of phenolic OH excluding ortho intramolecular Hbond substituents is 1. The van der Waals surface area contributed by atoms with E-state index in [-0.39, 0.29) is 11.3 Å². The Kier molecular flexibility index (Phi) is 6.10. The van der Waals surface area contributed by atoms with Crippen molar-refractivity contribution in [2.75, 3.05) is 14.1 Å². The Morgan fingerprint density at radius 1 is 1.16 bits per heavy atom. The number of nitrogens with zero attached hydrogens (tertiary/aromatic N) is 1. The summed E-state index contributed by atoms with van der Waals surface area (Å²) in [6.07, 6.45) is -0.938. The number of benzene rings is 1. The molecule has 1 saturated carbocycles. The Morgan fingerprint density at radius 2 is 1.76 bits per heavy atom. The monoisotopic (exact) mass is 514 g/mol. The van der Waals surface area contributed by atoms with Gasteiger partial charge in [0.2, 0.25) is 5.78 Å².